The molecule has 2 aromatic carbocycles. The van der Waals surface area contributed by atoms with Crippen molar-refractivity contribution in [3.05, 3.63) is 70.9 Å². The fraction of sp³-hybridized carbons (Fsp3) is 0.158. The normalized spacial score (nSPS) is 10.3. The van der Waals surface area contributed by atoms with E-state index in [9.17, 15) is 4.79 Å². The highest BCUT2D eigenvalue weighted by Crippen LogP contribution is 2.20. The molecule has 3 aromatic rings. The lowest BCUT2D eigenvalue weighted by Gasteiger charge is -2.11. The van der Waals surface area contributed by atoms with Gasteiger partial charge in [0.25, 0.3) is 0 Å². The number of para-hydroxylation sites is 1. The Hall–Kier alpha value is -3.19. The van der Waals surface area contributed by atoms with E-state index >= 15 is 0 Å². The second kappa shape index (κ2) is 8.95. The molecule has 0 spiro atoms. The summed E-state index contributed by atoms with van der Waals surface area (Å²) in [7, 11) is 0. The molecule has 27 heavy (non-hydrogen) atoms. The van der Waals surface area contributed by atoms with Gasteiger partial charge in [-0.15, -0.1) is 5.10 Å². The summed E-state index contributed by atoms with van der Waals surface area (Å²) in [6, 6.07) is 14.5. The molecular weight excluding hydrogens is 366 g/mol. The number of anilines is 3. The lowest BCUT2D eigenvalue weighted by atomic mass is 10.2. The van der Waals surface area contributed by atoms with Crippen molar-refractivity contribution in [3.8, 4) is 0 Å². The summed E-state index contributed by atoms with van der Waals surface area (Å²) in [6.45, 7) is 2.55. The number of aromatic nitrogens is 3. The van der Waals surface area contributed by atoms with Crippen molar-refractivity contribution in [2.75, 3.05) is 17.2 Å². The molecule has 138 valence electrons. The van der Waals surface area contributed by atoms with Gasteiger partial charge in [-0.2, -0.15) is 10.1 Å². The molecule has 1 aromatic heterocycles. The van der Waals surface area contributed by atoms with Crippen molar-refractivity contribution in [3.63, 3.8) is 0 Å². The average molecular weight is 384 g/mol. The first-order valence-corrected chi connectivity index (χ1v) is 8.75. The molecule has 0 aliphatic carbocycles. The maximum absolute atomic E-state index is 12.1. The fourth-order valence-corrected chi connectivity index (χ4v) is 2.57. The molecule has 0 unspecified atom stereocenters. The van der Waals surface area contributed by atoms with Gasteiger partial charge >= 0.3 is 5.97 Å². The molecule has 0 amide bonds. The van der Waals surface area contributed by atoms with Crippen LogP contribution in [0.5, 0.6) is 0 Å². The van der Waals surface area contributed by atoms with Gasteiger partial charge in [0.2, 0.25) is 5.95 Å². The molecule has 0 aliphatic rings. The van der Waals surface area contributed by atoms with Gasteiger partial charge in [0.05, 0.1) is 24.1 Å². The van der Waals surface area contributed by atoms with Crippen LogP contribution in [-0.2, 0) is 11.3 Å². The number of ether oxygens (including phenoxy) is 1. The molecule has 2 N–H and O–H groups in total. The van der Waals surface area contributed by atoms with E-state index in [-0.39, 0.29) is 5.95 Å². The number of esters is 1. The molecule has 1 heterocycles. The van der Waals surface area contributed by atoms with Crippen LogP contribution in [-0.4, -0.2) is 27.8 Å². The van der Waals surface area contributed by atoms with Crippen molar-refractivity contribution in [1.29, 1.82) is 0 Å². The van der Waals surface area contributed by atoms with Gasteiger partial charge in [-0.25, -0.2) is 4.79 Å². The lowest BCUT2D eigenvalue weighted by Crippen LogP contribution is -2.10. The zero-order valence-corrected chi connectivity index (χ0v) is 15.4. The van der Waals surface area contributed by atoms with Gasteiger partial charge < -0.3 is 15.4 Å². The number of carbonyl (C=O) groups is 1. The number of halogens is 1. The van der Waals surface area contributed by atoms with Gasteiger partial charge in [0.1, 0.15) is 0 Å². The number of hydrogen-bond donors (Lipinski definition) is 2. The van der Waals surface area contributed by atoms with Gasteiger partial charge in [-0.1, -0.05) is 41.9 Å². The number of nitrogens with one attached hydrogen (secondary N) is 2. The van der Waals surface area contributed by atoms with Crippen molar-refractivity contribution >= 4 is 35.0 Å². The fourth-order valence-electron chi connectivity index (χ4n) is 2.37. The third kappa shape index (κ3) is 4.92. The molecule has 0 aliphatic heterocycles. The Balaban J connectivity index is 1.73. The van der Waals surface area contributed by atoms with E-state index in [1.54, 1.807) is 31.2 Å². The van der Waals surface area contributed by atoms with Crippen LogP contribution in [0.3, 0.4) is 0 Å². The molecule has 0 fully saturated rings. The summed E-state index contributed by atoms with van der Waals surface area (Å²) < 4.78 is 5.07. The van der Waals surface area contributed by atoms with Crippen LogP contribution in [0, 0.1) is 0 Å². The monoisotopic (exact) mass is 383 g/mol. The van der Waals surface area contributed by atoms with E-state index in [1.165, 1.54) is 6.20 Å². The minimum absolute atomic E-state index is 0.260. The van der Waals surface area contributed by atoms with Gasteiger partial charge in [0, 0.05) is 11.6 Å². The van der Waals surface area contributed by atoms with E-state index in [1.807, 2.05) is 24.3 Å². The molecule has 8 heteroatoms. The van der Waals surface area contributed by atoms with Crippen LogP contribution in [0.25, 0.3) is 0 Å². The van der Waals surface area contributed by atoms with E-state index in [0.717, 1.165) is 5.56 Å². The first kappa shape index (κ1) is 18.6. The lowest BCUT2D eigenvalue weighted by molar-refractivity contribution is 0.0527. The first-order chi connectivity index (χ1) is 13.2. The molecule has 0 radical (unpaired) electrons. The Morgan fingerprint density at radius 3 is 2.74 bits per heavy atom. The van der Waals surface area contributed by atoms with Crippen molar-refractivity contribution in [1.82, 2.24) is 15.2 Å². The van der Waals surface area contributed by atoms with E-state index in [0.29, 0.717) is 35.2 Å². The predicted molar refractivity (Wildman–Crippen MR) is 104 cm³/mol. The predicted octanol–water partition coefficient (Wildman–Crippen LogP) is 4.06. The largest absolute Gasteiger partial charge is 0.462 e. The molecule has 0 saturated carbocycles. The van der Waals surface area contributed by atoms with Gasteiger partial charge in [-0.3, -0.25) is 0 Å². The van der Waals surface area contributed by atoms with Crippen molar-refractivity contribution in [2.45, 2.75) is 13.5 Å². The summed E-state index contributed by atoms with van der Waals surface area (Å²) >= 11 is 6.16. The van der Waals surface area contributed by atoms with Crippen LogP contribution in [0.4, 0.5) is 17.5 Å². The van der Waals surface area contributed by atoms with Gasteiger partial charge in [0.15, 0.2) is 5.82 Å². The second-order valence-corrected chi connectivity index (χ2v) is 5.91. The minimum atomic E-state index is -0.415. The third-order valence-electron chi connectivity index (χ3n) is 3.65. The molecular formula is C19H18ClN5O2. The summed E-state index contributed by atoms with van der Waals surface area (Å²) in [5.41, 5.74) is 1.89. The number of hydrogen-bond acceptors (Lipinski definition) is 7. The number of carbonyl (C=O) groups excluding carboxylic acids is 1. The minimum Gasteiger partial charge on any atom is -0.462 e. The van der Waals surface area contributed by atoms with Crippen molar-refractivity contribution < 1.29 is 9.53 Å². The Labute approximate surface area is 161 Å². The summed E-state index contributed by atoms with van der Waals surface area (Å²) in [6.07, 6.45) is 1.51. The van der Waals surface area contributed by atoms with E-state index in [4.69, 9.17) is 16.3 Å². The number of benzene rings is 2. The Morgan fingerprint density at radius 2 is 1.93 bits per heavy atom. The summed E-state index contributed by atoms with van der Waals surface area (Å²) in [5, 5.41) is 14.7. The Morgan fingerprint density at radius 1 is 1.15 bits per heavy atom. The first-order valence-electron chi connectivity index (χ1n) is 8.37. The van der Waals surface area contributed by atoms with Crippen LogP contribution < -0.4 is 10.6 Å². The van der Waals surface area contributed by atoms with Gasteiger partial charge in [-0.05, 0) is 30.7 Å². The highest BCUT2D eigenvalue weighted by molar-refractivity contribution is 6.31. The van der Waals surface area contributed by atoms with Crippen molar-refractivity contribution in [2.24, 2.45) is 0 Å². The zero-order chi connectivity index (χ0) is 19.1. The SMILES string of the molecule is CCOC(=O)c1ccccc1Nc1nncc(NCc2ccccc2Cl)n1. The average Bonchev–Trinajstić information content (AvgIpc) is 2.68. The standard InChI is InChI=1S/C19H18ClN5O2/c1-2-27-18(26)14-8-4-6-10-16(14)23-19-24-17(12-22-25-19)21-11-13-7-3-5-9-15(13)20/h3-10,12H,2,11H2,1H3,(H2,21,23,24,25). The molecule has 7 nitrogen and oxygen atoms in total. The zero-order valence-electron chi connectivity index (χ0n) is 14.6. The third-order valence-corrected chi connectivity index (χ3v) is 4.01. The maximum Gasteiger partial charge on any atom is 0.340 e. The second-order valence-electron chi connectivity index (χ2n) is 5.50. The summed E-state index contributed by atoms with van der Waals surface area (Å²) in [4.78, 5) is 16.4. The van der Waals surface area contributed by atoms with Crippen LogP contribution in [0.15, 0.2) is 54.7 Å². The van der Waals surface area contributed by atoms with E-state index in [2.05, 4.69) is 25.8 Å². The highest BCUT2D eigenvalue weighted by Gasteiger charge is 2.13. The summed E-state index contributed by atoms with van der Waals surface area (Å²) in [5.74, 6) is 0.374. The smallest absolute Gasteiger partial charge is 0.340 e. The van der Waals surface area contributed by atoms with Crippen LogP contribution in [0.1, 0.15) is 22.8 Å². The molecule has 0 saturated heterocycles. The van der Waals surface area contributed by atoms with E-state index < -0.39 is 5.97 Å². The van der Waals surface area contributed by atoms with Crippen LogP contribution >= 0.6 is 11.6 Å². The molecule has 0 atom stereocenters. The molecule has 0 bridgehead atoms. The number of rotatable bonds is 7. The topological polar surface area (TPSA) is 89.0 Å². The Bertz CT molecular complexity index is 935. The molecule has 3 rings (SSSR count). The van der Waals surface area contributed by atoms with Crippen LogP contribution in [0.2, 0.25) is 5.02 Å². The Kier molecular flexibility index (Phi) is 6.17. The maximum atomic E-state index is 12.1. The highest BCUT2D eigenvalue weighted by atomic mass is 35.5. The number of nitrogens with zero attached hydrogens (tertiary/aromatic N) is 3. The quantitative estimate of drug-likeness (QED) is 0.594.